The predicted molar refractivity (Wildman–Crippen MR) is 91.2 cm³/mol. The second-order valence-electron chi connectivity index (χ2n) is 6.26. The SMILES string of the molecule is CC(C)[C@H](NC(N)=O)C(=O)NCc1ccc(N2CCCC2=O)cc1. The summed E-state index contributed by atoms with van der Waals surface area (Å²) < 4.78 is 0. The van der Waals surface area contributed by atoms with Gasteiger partial charge >= 0.3 is 6.03 Å². The molecule has 0 aliphatic carbocycles. The van der Waals surface area contributed by atoms with Gasteiger partial charge in [0.1, 0.15) is 6.04 Å². The third-order valence-electron chi connectivity index (χ3n) is 4.04. The van der Waals surface area contributed by atoms with Crippen LogP contribution in [0.1, 0.15) is 32.3 Å². The molecule has 2 rings (SSSR count). The lowest BCUT2D eigenvalue weighted by molar-refractivity contribution is -0.124. The number of benzene rings is 1. The molecule has 4 amide bonds. The van der Waals surface area contributed by atoms with Crippen LogP contribution < -0.4 is 21.3 Å². The van der Waals surface area contributed by atoms with E-state index in [9.17, 15) is 14.4 Å². The van der Waals surface area contributed by atoms with Crippen molar-refractivity contribution in [3.63, 3.8) is 0 Å². The van der Waals surface area contributed by atoms with Crippen molar-refractivity contribution in [1.29, 1.82) is 0 Å². The Morgan fingerprint density at radius 1 is 1.25 bits per heavy atom. The number of urea groups is 1. The summed E-state index contributed by atoms with van der Waals surface area (Å²) in [4.78, 5) is 36.7. The van der Waals surface area contributed by atoms with E-state index in [0.717, 1.165) is 24.2 Å². The van der Waals surface area contributed by atoms with Gasteiger partial charge in [0.05, 0.1) is 0 Å². The Kier molecular flexibility index (Phi) is 5.78. The van der Waals surface area contributed by atoms with Crippen molar-refractivity contribution in [1.82, 2.24) is 10.6 Å². The van der Waals surface area contributed by atoms with Gasteiger partial charge in [-0.05, 0) is 30.0 Å². The molecule has 1 aromatic rings. The number of carbonyl (C=O) groups excluding carboxylic acids is 3. The first kappa shape index (κ1) is 17.8. The minimum atomic E-state index is -0.719. The second-order valence-corrected chi connectivity index (χ2v) is 6.26. The van der Waals surface area contributed by atoms with Crippen LogP contribution in [0, 0.1) is 5.92 Å². The molecule has 0 bridgehead atoms. The molecule has 4 N–H and O–H groups in total. The predicted octanol–water partition coefficient (Wildman–Crippen LogP) is 1.12. The summed E-state index contributed by atoms with van der Waals surface area (Å²) in [6, 6.07) is 6.14. The van der Waals surface area contributed by atoms with Crippen molar-refractivity contribution < 1.29 is 14.4 Å². The van der Waals surface area contributed by atoms with Crippen LogP contribution in [-0.2, 0) is 16.1 Å². The molecule has 1 atom stereocenters. The summed E-state index contributed by atoms with van der Waals surface area (Å²) in [7, 11) is 0. The van der Waals surface area contributed by atoms with Gasteiger partial charge < -0.3 is 21.3 Å². The highest BCUT2D eigenvalue weighted by atomic mass is 16.2. The highest BCUT2D eigenvalue weighted by Gasteiger charge is 2.23. The molecule has 1 aliphatic rings. The van der Waals surface area contributed by atoms with E-state index >= 15 is 0 Å². The lowest BCUT2D eigenvalue weighted by atomic mass is 10.0. The van der Waals surface area contributed by atoms with Crippen molar-refractivity contribution in [2.24, 2.45) is 11.7 Å². The Morgan fingerprint density at radius 3 is 2.42 bits per heavy atom. The molecule has 1 aliphatic heterocycles. The Hall–Kier alpha value is -2.57. The van der Waals surface area contributed by atoms with Gasteiger partial charge in [0.25, 0.3) is 0 Å². The lowest BCUT2D eigenvalue weighted by Crippen LogP contribution is -2.51. The van der Waals surface area contributed by atoms with Gasteiger partial charge in [0, 0.05) is 25.2 Å². The number of hydrogen-bond acceptors (Lipinski definition) is 3. The summed E-state index contributed by atoms with van der Waals surface area (Å²) in [6.45, 7) is 4.77. The minimum Gasteiger partial charge on any atom is -0.352 e. The van der Waals surface area contributed by atoms with Crippen molar-refractivity contribution in [2.75, 3.05) is 11.4 Å². The molecule has 1 saturated heterocycles. The fourth-order valence-corrected chi connectivity index (χ4v) is 2.70. The van der Waals surface area contributed by atoms with E-state index < -0.39 is 12.1 Å². The molecule has 130 valence electrons. The zero-order valence-corrected chi connectivity index (χ0v) is 14.0. The zero-order valence-electron chi connectivity index (χ0n) is 14.0. The molecule has 0 aromatic heterocycles. The number of rotatable bonds is 6. The van der Waals surface area contributed by atoms with Crippen LogP contribution in [0.5, 0.6) is 0 Å². The van der Waals surface area contributed by atoms with Crippen LogP contribution in [0.25, 0.3) is 0 Å². The molecule has 0 radical (unpaired) electrons. The van der Waals surface area contributed by atoms with E-state index in [4.69, 9.17) is 5.73 Å². The number of amides is 4. The molecule has 24 heavy (non-hydrogen) atoms. The highest BCUT2D eigenvalue weighted by Crippen LogP contribution is 2.21. The number of nitrogens with two attached hydrogens (primary N) is 1. The van der Waals surface area contributed by atoms with Gasteiger partial charge in [0.2, 0.25) is 11.8 Å². The Bertz CT molecular complexity index is 613. The number of nitrogens with zero attached hydrogens (tertiary/aromatic N) is 1. The van der Waals surface area contributed by atoms with Gasteiger partial charge in [-0.15, -0.1) is 0 Å². The lowest BCUT2D eigenvalue weighted by Gasteiger charge is -2.20. The van der Waals surface area contributed by atoms with Crippen molar-refractivity contribution >= 4 is 23.5 Å². The Morgan fingerprint density at radius 2 is 1.92 bits per heavy atom. The average Bonchev–Trinajstić information content (AvgIpc) is 2.96. The first-order valence-electron chi connectivity index (χ1n) is 8.11. The fourth-order valence-electron chi connectivity index (χ4n) is 2.70. The van der Waals surface area contributed by atoms with Crippen molar-refractivity contribution in [2.45, 2.75) is 39.3 Å². The van der Waals surface area contributed by atoms with Crippen LogP contribution in [0.4, 0.5) is 10.5 Å². The number of anilines is 1. The van der Waals surface area contributed by atoms with Crippen molar-refractivity contribution in [3.8, 4) is 0 Å². The van der Waals surface area contributed by atoms with Crippen LogP contribution >= 0.6 is 0 Å². The van der Waals surface area contributed by atoms with Gasteiger partial charge in [-0.1, -0.05) is 26.0 Å². The van der Waals surface area contributed by atoms with E-state index in [0.29, 0.717) is 13.0 Å². The first-order valence-corrected chi connectivity index (χ1v) is 8.11. The molecule has 1 heterocycles. The number of hydrogen-bond donors (Lipinski definition) is 3. The van der Waals surface area contributed by atoms with E-state index in [1.165, 1.54) is 0 Å². The minimum absolute atomic E-state index is 0.0685. The molecule has 0 spiro atoms. The van der Waals surface area contributed by atoms with Gasteiger partial charge in [0.15, 0.2) is 0 Å². The molecular weight excluding hydrogens is 308 g/mol. The van der Waals surface area contributed by atoms with Gasteiger partial charge in [-0.3, -0.25) is 9.59 Å². The van der Waals surface area contributed by atoms with Gasteiger partial charge in [-0.2, -0.15) is 0 Å². The topological polar surface area (TPSA) is 105 Å². The summed E-state index contributed by atoms with van der Waals surface area (Å²) in [5, 5.41) is 5.24. The van der Waals surface area contributed by atoms with E-state index in [2.05, 4.69) is 10.6 Å². The Balaban J connectivity index is 1.92. The van der Waals surface area contributed by atoms with E-state index in [1.54, 1.807) is 4.90 Å². The first-order chi connectivity index (χ1) is 11.4. The molecular formula is C17H24N4O3. The summed E-state index contributed by atoms with van der Waals surface area (Å²) in [5.74, 6) is -0.197. The molecule has 1 aromatic carbocycles. The average molecular weight is 332 g/mol. The van der Waals surface area contributed by atoms with Crippen LogP contribution in [0.2, 0.25) is 0 Å². The molecule has 0 saturated carbocycles. The third kappa shape index (κ3) is 4.47. The van der Waals surface area contributed by atoms with Crippen molar-refractivity contribution in [3.05, 3.63) is 29.8 Å². The normalized spacial score (nSPS) is 15.5. The third-order valence-corrected chi connectivity index (χ3v) is 4.04. The summed E-state index contributed by atoms with van der Waals surface area (Å²) in [6.07, 6.45) is 1.49. The summed E-state index contributed by atoms with van der Waals surface area (Å²) in [5.41, 5.74) is 6.90. The Labute approximate surface area is 141 Å². The maximum atomic E-state index is 12.2. The van der Waals surface area contributed by atoms with Crippen LogP contribution in [0.15, 0.2) is 24.3 Å². The largest absolute Gasteiger partial charge is 0.352 e. The number of nitrogens with one attached hydrogen (secondary N) is 2. The van der Waals surface area contributed by atoms with Crippen LogP contribution in [0.3, 0.4) is 0 Å². The maximum absolute atomic E-state index is 12.2. The smallest absolute Gasteiger partial charge is 0.312 e. The number of carbonyl (C=O) groups is 3. The van der Waals surface area contributed by atoms with E-state index in [-0.39, 0.29) is 17.7 Å². The quantitative estimate of drug-likeness (QED) is 0.727. The molecule has 1 fully saturated rings. The summed E-state index contributed by atoms with van der Waals surface area (Å²) >= 11 is 0. The molecule has 0 unspecified atom stereocenters. The van der Waals surface area contributed by atoms with Crippen LogP contribution in [-0.4, -0.2) is 30.4 Å². The molecule has 7 nitrogen and oxygen atoms in total. The monoisotopic (exact) mass is 332 g/mol. The highest BCUT2D eigenvalue weighted by molar-refractivity contribution is 5.95. The fraction of sp³-hybridized carbons (Fsp3) is 0.471. The zero-order chi connectivity index (χ0) is 17.7. The van der Waals surface area contributed by atoms with E-state index in [1.807, 2.05) is 38.1 Å². The second kappa shape index (κ2) is 7.81. The maximum Gasteiger partial charge on any atom is 0.312 e. The standard InChI is InChI=1S/C17H24N4O3/c1-11(2)15(20-17(18)24)16(23)19-10-12-5-7-13(8-6-12)21-9-3-4-14(21)22/h5-8,11,15H,3-4,9-10H2,1-2H3,(H,19,23)(H3,18,20,24)/t15-/m0/s1. The number of primary amides is 1. The molecule has 7 heteroatoms. The van der Waals surface area contributed by atoms with Gasteiger partial charge in [-0.25, -0.2) is 4.79 Å².